The minimum Gasteiger partial charge on any atom is -0.381 e. The van der Waals surface area contributed by atoms with Crippen molar-refractivity contribution in [1.82, 2.24) is 4.98 Å². The maximum absolute atomic E-state index is 11.2. The molecule has 2 heterocycles. The number of aromatic nitrogens is 1. The molecular formula is C12H16N2O2. The van der Waals surface area contributed by atoms with Gasteiger partial charge >= 0.3 is 0 Å². The van der Waals surface area contributed by atoms with Crippen LogP contribution in [0.2, 0.25) is 0 Å². The molecule has 4 nitrogen and oxygen atoms in total. The fourth-order valence-corrected chi connectivity index (χ4v) is 2.05. The van der Waals surface area contributed by atoms with Crippen LogP contribution < -0.4 is 5.73 Å². The Labute approximate surface area is 94.8 Å². The standard InChI is InChI=1S/C12H16N2O2/c13-12(15)10-2-1-5-14-11(10)8-9-3-6-16-7-4-9/h1-2,5,9H,3-4,6-8H2,(H2,13,15). The number of pyridine rings is 1. The summed E-state index contributed by atoms with van der Waals surface area (Å²) in [6.07, 6.45) is 4.60. The second-order valence-electron chi connectivity index (χ2n) is 4.12. The maximum atomic E-state index is 11.2. The van der Waals surface area contributed by atoms with Crippen LogP contribution >= 0.6 is 0 Å². The van der Waals surface area contributed by atoms with Gasteiger partial charge in [0, 0.05) is 19.4 Å². The molecule has 0 bridgehead atoms. The van der Waals surface area contributed by atoms with Crippen LogP contribution in [0, 0.1) is 5.92 Å². The Balaban J connectivity index is 2.10. The molecule has 0 spiro atoms. The van der Waals surface area contributed by atoms with E-state index >= 15 is 0 Å². The Morgan fingerprint density at radius 3 is 2.94 bits per heavy atom. The highest BCUT2D eigenvalue weighted by atomic mass is 16.5. The quantitative estimate of drug-likeness (QED) is 0.831. The van der Waals surface area contributed by atoms with Crippen LogP contribution in [0.1, 0.15) is 28.9 Å². The van der Waals surface area contributed by atoms with Crippen LogP contribution in [0.15, 0.2) is 18.3 Å². The fraction of sp³-hybridized carbons (Fsp3) is 0.500. The third-order valence-corrected chi connectivity index (χ3v) is 2.98. The van der Waals surface area contributed by atoms with Crippen LogP contribution in [0.4, 0.5) is 0 Å². The first-order chi connectivity index (χ1) is 7.77. The number of nitrogens with two attached hydrogens (primary N) is 1. The third-order valence-electron chi connectivity index (χ3n) is 2.98. The largest absolute Gasteiger partial charge is 0.381 e. The Morgan fingerprint density at radius 1 is 1.50 bits per heavy atom. The molecule has 2 N–H and O–H groups in total. The van der Waals surface area contributed by atoms with Gasteiger partial charge in [-0.1, -0.05) is 0 Å². The Morgan fingerprint density at radius 2 is 2.25 bits per heavy atom. The van der Waals surface area contributed by atoms with E-state index in [9.17, 15) is 4.79 Å². The van der Waals surface area contributed by atoms with E-state index in [1.807, 2.05) is 0 Å². The van der Waals surface area contributed by atoms with E-state index in [2.05, 4.69) is 4.98 Å². The molecule has 1 fully saturated rings. The van der Waals surface area contributed by atoms with Crippen molar-refractivity contribution in [2.45, 2.75) is 19.3 Å². The number of carbonyl (C=O) groups is 1. The first-order valence-corrected chi connectivity index (χ1v) is 5.59. The van der Waals surface area contributed by atoms with E-state index in [0.717, 1.165) is 38.2 Å². The molecule has 0 atom stereocenters. The van der Waals surface area contributed by atoms with Crippen molar-refractivity contribution in [2.24, 2.45) is 11.7 Å². The average Bonchev–Trinajstić information content (AvgIpc) is 2.31. The molecule has 1 aliphatic rings. The fourth-order valence-electron chi connectivity index (χ4n) is 2.05. The van der Waals surface area contributed by atoms with Gasteiger partial charge in [-0.05, 0) is 37.3 Å². The summed E-state index contributed by atoms with van der Waals surface area (Å²) in [5.74, 6) is 0.164. The van der Waals surface area contributed by atoms with Gasteiger partial charge in [0.2, 0.25) is 0 Å². The van der Waals surface area contributed by atoms with Crippen molar-refractivity contribution in [3.05, 3.63) is 29.6 Å². The van der Waals surface area contributed by atoms with Gasteiger partial charge in [0.1, 0.15) is 0 Å². The molecule has 1 aromatic rings. The first kappa shape index (κ1) is 11.1. The molecule has 1 saturated heterocycles. The predicted octanol–water partition coefficient (Wildman–Crippen LogP) is 1.15. The van der Waals surface area contributed by atoms with Crippen molar-refractivity contribution >= 4 is 5.91 Å². The van der Waals surface area contributed by atoms with Gasteiger partial charge in [-0.15, -0.1) is 0 Å². The summed E-state index contributed by atoms with van der Waals surface area (Å²) in [6, 6.07) is 3.48. The number of hydrogen-bond donors (Lipinski definition) is 1. The topological polar surface area (TPSA) is 65.2 Å². The van der Waals surface area contributed by atoms with Crippen LogP contribution in [0.3, 0.4) is 0 Å². The molecule has 0 aliphatic carbocycles. The molecular weight excluding hydrogens is 204 g/mol. The normalized spacial score (nSPS) is 17.2. The molecule has 1 aromatic heterocycles. The van der Waals surface area contributed by atoms with Crippen molar-refractivity contribution in [3.8, 4) is 0 Å². The minimum absolute atomic E-state index is 0.393. The van der Waals surface area contributed by atoms with Gasteiger partial charge in [0.15, 0.2) is 0 Å². The van der Waals surface area contributed by atoms with Gasteiger partial charge in [0.25, 0.3) is 5.91 Å². The Hall–Kier alpha value is -1.42. The van der Waals surface area contributed by atoms with E-state index in [0.29, 0.717) is 11.5 Å². The van der Waals surface area contributed by atoms with E-state index in [4.69, 9.17) is 10.5 Å². The summed E-state index contributed by atoms with van der Waals surface area (Å²) in [6.45, 7) is 1.62. The van der Waals surface area contributed by atoms with Gasteiger partial charge in [0.05, 0.1) is 11.3 Å². The smallest absolute Gasteiger partial charge is 0.250 e. The average molecular weight is 220 g/mol. The van der Waals surface area contributed by atoms with Crippen LogP contribution in [0.25, 0.3) is 0 Å². The number of hydrogen-bond acceptors (Lipinski definition) is 3. The molecule has 86 valence electrons. The molecule has 1 aliphatic heterocycles. The summed E-state index contributed by atoms with van der Waals surface area (Å²) in [7, 11) is 0. The number of nitrogens with zero attached hydrogens (tertiary/aromatic N) is 1. The van der Waals surface area contributed by atoms with E-state index < -0.39 is 5.91 Å². The number of amides is 1. The monoisotopic (exact) mass is 220 g/mol. The van der Waals surface area contributed by atoms with Gasteiger partial charge in [-0.3, -0.25) is 9.78 Å². The number of ether oxygens (including phenoxy) is 1. The summed E-state index contributed by atoms with van der Waals surface area (Å²) < 4.78 is 5.30. The minimum atomic E-state index is -0.393. The van der Waals surface area contributed by atoms with Crippen molar-refractivity contribution in [2.75, 3.05) is 13.2 Å². The molecule has 0 aromatic carbocycles. The molecule has 16 heavy (non-hydrogen) atoms. The maximum Gasteiger partial charge on any atom is 0.250 e. The van der Waals surface area contributed by atoms with Gasteiger partial charge in [-0.2, -0.15) is 0 Å². The zero-order valence-corrected chi connectivity index (χ0v) is 9.19. The number of rotatable bonds is 3. The van der Waals surface area contributed by atoms with Crippen molar-refractivity contribution in [3.63, 3.8) is 0 Å². The highest BCUT2D eigenvalue weighted by Gasteiger charge is 2.17. The van der Waals surface area contributed by atoms with Crippen molar-refractivity contribution in [1.29, 1.82) is 0 Å². The molecule has 0 unspecified atom stereocenters. The lowest BCUT2D eigenvalue weighted by atomic mass is 9.93. The third kappa shape index (κ3) is 2.58. The summed E-state index contributed by atoms with van der Waals surface area (Å²) >= 11 is 0. The predicted molar refractivity (Wildman–Crippen MR) is 60.0 cm³/mol. The summed E-state index contributed by atoms with van der Waals surface area (Å²) in [5, 5.41) is 0. The number of carbonyl (C=O) groups excluding carboxylic acids is 1. The van der Waals surface area contributed by atoms with Gasteiger partial charge < -0.3 is 10.5 Å². The summed E-state index contributed by atoms with van der Waals surface area (Å²) in [5.41, 5.74) is 6.69. The highest BCUT2D eigenvalue weighted by molar-refractivity contribution is 5.93. The molecule has 4 heteroatoms. The van der Waals surface area contributed by atoms with E-state index in [-0.39, 0.29) is 0 Å². The Bertz CT molecular complexity index is 373. The number of primary amides is 1. The van der Waals surface area contributed by atoms with Crippen LogP contribution in [0.5, 0.6) is 0 Å². The lowest BCUT2D eigenvalue weighted by molar-refractivity contribution is 0.0662. The van der Waals surface area contributed by atoms with Crippen molar-refractivity contribution < 1.29 is 9.53 Å². The Kier molecular flexibility index (Phi) is 3.51. The highest BCUT2D eigenvalue weighted by Crippen LogP contribution is 2.20. The molecule has 1 amide bonds. The SMILES string of the molecule is NC(=O)c1cccnc1CC1CCOCC1. The van der Waals surface area contributed by atoms with Crippen LogP contribution in [-0.2, 0) is 11.2 Å². The van der Waals surface area contributed by atoms with Crippen LogP contribution in [-0.4, -0.2) is 24.1 Å². The zero-order valence-electron chi connectivity index (χ0n) is 9.19. The first-order valence-electron chi connectivity index (χ1n) is 5.59. The lowest BCUT2D eigenvalue weighted by Gasteiger charge is -2.22. The second kappa shape index (κ2) is 5.07. The lowest BCUT2D eigenvalue weighted by Crippen LogP contribution is -2.21. The molecule has 2 rings (SSSR count). The summed E-state index contributed by atoms with van der Waals surface area (Å²) in [4.78, 5) is 15.5. The zero-order chi connectivity index (χ0) is 11.4. The molecule has 0 radical (unpaired) electrons. The molecule has 0 saturated carbocycles. The van der Waals surface area contributed by atoms with E-state index in [1.54, 1.807) is 18.3 Å². The second-order valence-corrected chi connectivity index (χ2v) is 4.12. The van der Waals surface area contributed by atoms with Gasteiger partial charge in [-0.25, -0.2) is 0 Å². The van der Waals surface area contributed by atoms with E-state index in [1.165, 1.54) is 0 Å².